The van der Waals surface area contributed by atoms with Crippen LogP contribution in [-0.2, 0) is 0 Å². The summed E-state index contributed by atoms with van der Waals surface area (Å²) < 4.78 is -0.0362. The van der Waals surface area contributed by atoms with E-state index in [0.717, 1.165) is 29.6 Å². The smallest absolute Gasteiger partial charge is 0.0954 e. The van der Waals surface area contributed by atoms with Crippen LogP contribution in [0.25, 0.3) is 5.57 Å². The van der Waals surface area contributed by atoms with Gasteiger partial charge in [-0.3, -0.25) is 0 Å². The Hall–Kier alpha value is -1.33. The molecule has 0 fully saturated rings. The highest BCUT2D eigenvalue weighted by Gasteiger charge is 2.29. The molecule has 1 aromatic rings. The maximum Gasteiger partial charge on any atom is 0.0954 e. The molecule has 1 aromatic carbocycles. The molecule has 1 atom stereocenters. The molecule has 0 saturated carbocycles. The summed E-state index contributed by atoms with van der Waals surface area (Å²) >= 11 is 3.84. The van der Waals surface area contributed by atoms with Crippen molar-refractivity contribution in [2.75, 3.05) is 0 Å². The summed E-state index contributed by atoms with van der Waals surface area (Å²) in [6.07, 6.45) is 9.88. The molecule has 0 saturated heterocycles. The van der Waals surface area contributed by atoms with Crippen molar-refractivity contribution in [3.8, 4) is 6.07 Å². The van der Waals surface area contributed by atoms with Gasteiger partial charge in [0.1, 0.15) is 0 Å². The van der Waals surface area contributed by atoms with Gasteiger partial charge >= 0.3 is 0 Å². The Morgan fingerprint density at radius 1 is 1.25 bits per heavy atom. The van der Waals surface area contributed by atoms with E-state index >= 15 is 0 Å². The lowest BCUT2D eigenvalue weighted by Gasteiger charge is -2.28. The van der Waals surface area contributed by atoms with Gasteiger partial charge in [-0.05, 0) is 17.6 Å². The average Bonchev–Trinajstić information content (AvgIpc) is 2.48. The van der Waals surface area contributed by atoms with Crippen LogP contribution >= 0.6 is 15.9 Å². The Balaban J connectivity index is 2.19. The van der Waals surface area contributed by atoms with E-state index in [1.54, 1.807) is 0 Å². The molecular weight excluding hydrogens is 310 g/mol. The molecule has 0 heterocycles. The van der Waals surface area contributed by atoms with Crippen LogP contribution < -0.4 is 0 Å². The Morgan fingerprint density at radius 3 is 2.65 bits per heavy atom. The lowest BCUT2D eigenvalue weighted by Crippen LogP contribution is -2.21. The van der Waals surface area contributed by atoms with Crippen molar-refractivity contribution in [3.63, 3.8) is 0 Å². The number of allylic oxidation sites excluding steroid dienone is 4. The summed E-state index contributed by atoms with van der Waals surface area (Å²) in [6, 6.07) is 12.6. The van der Waals surface area contributed by atoms with Gasteiger partial charge in [0.15, 0.2) is 0 Å². The van der Waals surface area contributed by atoms with E-state index in [2.05, 4.69) is 53.2 Å². The molecule has 0 N–H and O–H groups in total. The normalized spacial score (nSPS) is 21.9. The largest absolute Gasteiger partial charge is 0.193 e. The van der Waals surface area contributed by atoms with Crippen LogP contribution in [0.2, 0.25) is 0 Å². The standard InChI is InChI=1S/C18H20BrN/c1-2-3-7-11-18(19)12-10-17(16(13-18)14-20)15-8-5-4-6-9-15/h4-6,8-10,12H,2-3,7,11,13H2,1H3. The molecule has 1 unspecified atom stereocenters. The van der Waals surface area contributed by atoms with Crippen LogP contribution in [0.5, 0.6) is 0 Å². The van der Waals surface area contributed by atoms with Crippen molar-refractivity contribution >= 4 is 21.5 Å². The number of nitriles is 1. The van der Waals surface area contributed by atoms with Crippen molar-refractivity contribution in [1.82, 2.24) is 0 Å². The molecule has 2 rings (SSSR count). The van der Waals surface area contributed by atoms with Crippen LogP contribution in [-0.4, -0.2) is 4.32 Å². The average molecular weight is 330 g/mol. The number of benzene rings is 1. The van der Waals surface area contributed by atoms with Gasteiger partial charge in [-0.15, -0.1) is 0 Å². The highest BCUT2D eigenvalue weighted by molar-refractivity contribution is 9.10. The van der Waals surface area contributed by atoms with E-state index in [4.69, 9.17) is 0 Å². The van der Waals surface area contributed by atoms with Crippen LogP contribution in [0, 0.1) is 11.3 Å². The summed E-state index contributed by atoms with van der Waals surface area (Å²) in [6.45, 7) is 2.21. The van der Waals surface area contributed by atoms with Gasteiger partial charge in [-0.1, -0.05) is 84.6 Å². The van der Waals surface area contributed by atoms with Crippen molar-refractivity contribution < 1.29 is 0 Å². The first-order chi connectivity index (χ1) is 9.68. The third kappa shape index (κ3) is 3.61. The molecule has 104 valence electrons. The first-order valence-electron chi connectivity index (χ1n) is 7.25. The minimum absolute atomic E-state index is 0.0362. The topological polar surface area (TPSA) is 23.8 Å². The highest BCUT2D eigenvalue weighted by Crippen LogP contribution is 2.40. The molecule has 0 spiro atoms. The van der Waals surface area contributed by atoms with E-state index in [9.17, 15) is 5.26 Å². The molecular formula is C18H20BrN. The molecule has 1 aliphatic rings. The van der Waals surface area contributed by atoms with Crippen LogP contribution in [0.15, 0.2) is 48.1 Å². The number of hydrogen-bond donors (Lipinski definition) is 0. The first kappa shape index (κ1) is 15.1. The quantitative estimate of drug-likeness (QED) is 0.506. The summed E-state index contributed by atoms with van der Waals surface area (Å²) in [5.74, 6) is 0. The molecule has 20 heavy (non-hydrogen) atoms. The highest BCUT2D eigenvalue weighted by atomic mass is 79.9. The third-order valence-electron chi connectivity index (χ3n) is 3.76. The fraction of sp³-hybridized carbons (Fsp3) is 0.389. The molecule has 0 amide bonds. The van der Waals surface area contributed by atoms with Crippen LogP contribution in [0.3, 0.4) is 0 Å². The summed E-state index contributed by atoms with van der Waals surface area (Å²) in [5.41, 5.74) is 3.08. The summed E-state index contributed by atoms with van der Waals surface area (Å²) in [5, 5.41) is 9.46. The number of hydrogen-bond acceptors (Lipinski definition) is 1. The Kier molecular flexibility index (Phi) is 5.20. The van der Waals surface area contributed by atoms with Crippen molar-refractivity contribution in [2.45, 2.75) is 43.4 Å². The third-order valence-corrected chi connectivity index (χ3v) is 4.70. The van der Waals surface area contributed by atoms with Gasteiger partial charge in [0.2, 0.25) is 0 Å². The fourth-order valence-corrected chi connectivity index (χ4v) is 3.30. The van der Waals surface area contributed by atoms with Crippen molar-refractivity contribution in [3.05, 3.63) is 53.6 Å². The minimum atomic E-state index is -0.0362. The maximum atomic E-state index is 9.46. The second-order valence-corrected chi connectivity index (χ2v) is 6.95. The molecule has 0 bridgehead atoms. The van der Waals surface area contributed by atoms with Gasteiger partial charge in [0.25, 0.3) is 0 Å². The lowest BCUT2D eigenvalue weighted by molar-refractivity contribution is 0.582. The van der Waals surface area contributed by atoms with Crippen LogP contribution in [0.4, 0.5) is 0 Å². The van der Waals surface area contributed by atoms with Gasteiger partial charge in [0.05, 0.1) is 6.07 Å². The second-order valence-electron chi connectivity index (χ2n) is 5.37. The van der Waals surface area contributed by atoms with Gasteiger partial charge in [-0.2, -0.15) is 5.26 Å². The zero-order valence-electron chi connectivity index (χ0n) is 11.9. The zero-order valence-corrected chi connectivity index (χ0v) is 13.5. The first-order valence-corrected chi connectivity index (χ1v) is 8.04. The maximum absolute atomic E-state index is 9.46. The summed E-state index contributed by atoms with van der Waals surface area (Å²) in [4.78, 5) is 0. The molecule has 0 aliphatic heterocycles. The Bertz CT molecular complexity index is 551. The van der Waals surface area contributed by atoms with Crippen LogP contribution in [0.1, 0.15) is 44.6 Å². The number of unbranched alkanes of at least 4 members (excludes halogenated alkanes) is 2. The van der Waals surface area contributed by atoms with E-state index < -0.39 is 0 Å². The molecule has 0 aromatic heterocycles. The van der Waals surface area contributed by atoms with Gasteiger partial charge in [0, 0.05) is 16.3 Å². The SMILES string of the molecule is CCCCCC1(Br)C=CC(c2ccccc2)=C(C#N)C1. The molecule has 1 aliphatic carbocycles. The zero-order chi connectivity index (χ0) is 14.4. The number of rotatable bonds is 5. The van der Waals surface area contributed by atoms with E-state index in [1.165, 1.54) is 19.3 Å². The predicted molar refractivity (Wildman–Crippen MR) is 88.5 cm³/mol. The number of halogens is 1. The number of nitrogens with zero attached hydrogens (tertiary/aromatic N) is 1. The second kappa shape index (κ2) is 6.90. The predicted octanol–water partition coefficient (Wildman–Crippen LogP) is 5.64. The monoisotopic (exact) mass is 329 g/mol. The van der Waals surface area contributed by atoms with Gasteiger partial charge in [-0.25, -0.2) is 0 Å². The number of alkyl halides is 1. The Labute approximate surface area is 130 Å². The summed E-state index contributed by atoms with van der Waals surface area (Å²) in [7, 11) is 0. The fourth-order valence-electron chi connectivity index (χ4n) is 2.61. The minimum Gasteiger partial charge on any atom is -0.193 e. The van der Waals surface area contributed by atoms with E-state index in [0.29, 0.717) is 0 Å². The van der Waals surface area contributed by atoms with Gasteiger partial charge < -0.3 is 0 Å². The molecule has 0 radical (unpaired) electrons. The molecule has 1 nitrogen and oxygen atoms in total. The lowest BCUT2D eigenvalue weighted by atomic mass is 9.84. The molecule has 2 heteroatoms. The van der Waals surface area contributed by atoms with E-state index in [-0.39, 0.29) is 4.32 Å². The Morgan fingerprint density at radius 2 is 2.00 bits per heavy atom. The van der Waals surface area contributed by atoms with E-state index in [1.807, 2.05) is 18.2 Å². The van der Waals surface area contributed by atoms with Crippen molar-refractivity contribution in [1.29, 1.82) is 5.26 Å². The van der Waals surface area contributed by atoms with Crippen molar-refractivity contribution in [2.24, 2.45) is 0 Å².